The van der Waals surface area contributed by atoms with E-state index in [9.17, 15) is 9.59 Å². The van der Waals surface area contributed by atoms with Gasteiger partial charge in [-0.25, -0.2) is 0 Å². The number of carbonyl (C=O) groups excluding carboxylic acids is 2. The SMILES string of the molecule is O=C(CNC(=O)Cc1cccc2ccccc12)NCCNC1CCCCCC1. The van der Waals surface area contributed by atoms with E-state index in [4.69, 9.17) is 0 Å². The van der Waals surface area contributed by atoms with Gasteiger partial charge in [0.2, 0.25) is 11.8 Å². The minimum atomic E-state index is -0.145. The zero-order valence-corrected chi connectivity index (χ0v) is 16.5. The van der Waals surface area contributed by atoms with Gasteiger partial charge in [0.1, 0.15) is 0 Å². The van der Waals surface area contributed by atoms with Crippen LogP contribution in [-0.2, 0) is 16.0 Å². The molecule has 1 aliphatic rings. The molecule has 0 radical (unpaired) electrons. The van der Waals surface area contributed by atoms with E-state index in [1.807, 2.05) is 42.5 Å². The first-order valence-corrected chi connectivity index (χ1v) is 10.5. The van der Waals surface area contributed by atoms with Gasteiger partial charge < -0.3 is 16.0 Å². The van der Waals surface area contributed by atoms with E-state index < -0.39 is 0 Å². The zero-order chi connectivity index (χ0) is 19.6. The van der Waals surface area contributed by atoms with Crippen molar-refractivity contribution >= 4 is 22.6 Å². The Morgan fingerprint density at radius 2 is 1.57 bits per heavy atom. The summed E-state index contributed by atoms with van der Waals surface area (Å²) in [4.78, 5) is 24.2. The van der Waals surface area contributed by atoms with E-state index in [1.165, 1.54) is 38.5 Å². The Morgan fingerprint density at radius 3 is 2.39 bits per heavy atom. The molecule has 3 N–H and O–H groups in total. The Kier molecular flexibility index (Phi) is 7.85. The highest BCUT2D eigenvalue weighted by atomic mass is 16.2. The van der Waals surface area contributed by atoms with Crippen molar-refractivity contribution in [3.8, 4) is 0 Å². The molecule has 0 aliphatic heterocycles. The lowest BCUT2D eigenvalue weighted by atomic mass is 10.0. The third kappa shape index (κ3) is 6.34. The van der Waals surface area contributed by atoms with Crippen molar-refractivity contribution in [1.29, 1.82) is 0 Å². The third-order valence-electron chi connectivity index (χ3n) is 5.41. The second-order valence-electron chi connectivity index (χ2n) is 7.58. The zero-order valence-electron chi connectivity index (χ0n) is 16.5. The summed E-state index contributed by atoms with van der Waals surface area (Å²) in [5.74, 6) is -0.281. The number of amides is 2. The molecule has 0 unspecified atom stereocenters. The van der Waals surface area contributed by atoms with Gasteiger partial charge >= 0.3 is 0 Å². The number of benzene rings is 2. The van der Waals surface area contributed by atoms with Crippen LogP contribution in [0.3, 0.4) is 0 Å². The van der Waals surface area contributed by atoms with E-state index in [0.29, 0.717) is 12.6 Å². The highest BCUT2D eigenvalue weighted by molar-refractivity contribution is 5.91. The van der Waals surface area contributed by atoms with Crippen molar-refractivity contribution in [1.82, 2.24) is 16.0 Å². The van der Waals surface area contributed by atoms with Crippen LogP contribution in [0.2, 0.25) is 0 Å². The van der Waals surface area contributed by atoms with Gasteiger partial charge in [-0.15, -0.1) is 0 Å². The number of carbonyl (C=O) groups is 2. The Labute approximate surface area is 167 Å². The molecule has 3 rings (SSSR count). The van der Waals surface area contributed by atoms with Gasteiger partial charge in [-0.05, 0) is 29.2 Å². The number of fused-ring (bicyclic) bond motifs is 1. The number of nitrogens with one attached hydrogen (secondary N) is 3. The van der Waals surface area contributed by atoms with E-state index in [1.54, 1.807) is 0 Å². The number of hydrogen-bond donors (Lipinski definition) is 3. The van der Waals surface area contributed by atoms with Crippen LogP contribution in [0.5, 0.6) is 0 Å². The first-order chi connectivity index (χ1) is 13.7. The molecule has 2 aromatic carbocycles. The predicted molar refractivity (Wildman–Crippen MR) is 113 cm³/mol. The summed E-state index contributed by atoms with van der Waals surface area (Å²) in [6.07, 6.45) is 8.02. The minimum Gasteiger partial charge on any atom is -0.353 e. The lowest BCUT2D eigenvalue weighted by Gasteiger charge is -2.16. The van der Waals surface area contributed by atoms with Crippen LogP contribution >= 0.6 is 0 Å². The van der Waals surface area contributed by atoms with Crippen LogP contribution < -0.4 is 16.0 Å². The molecule has 2 aromatic rings. The molecular weight excluding hydrogens is 350 g/mol. The van der Waals surface area contributed by atoms with Gasteiger partial charge in [-0.3, -0.25) is 9.59 Å². The molecule has 0 aromatic heterocycles. The van der Waals surface area contributed by atoms with Gasteiger partial charge in [0, 0.05) is 19.1 Å². The lowest BCUT2D eigenvalue weighted by molar-refractivity contribution is -0.125. The highest BCUT2D eigenvalue weighted by Crippen LogP contribution is 2.19. The summed E-state index contributed by atoms with van der Waals surface area (Å²) < 4.78 is 0. The standard InChI is InChI=1S/C23H31N3O2/c27-22(16-19-10-7-9-18-8-5-6-13-21(18)19)26-17-23(28)25-15-14-24-20-11-3-1-2-4-12-20/h5-10,13,20,24H,1-4,11-12,14-17H2,(H,25,28)(H,26,27). The van der Waals surface area contributed by atoms with Gasteiger partial charge in [-0.2, -0.15) is 0 Å². The topological polar surface area (TPSA) is 70.2 Å². The smallest absolute Gasteiger partial charge is 0.239 e. The summed E-state index contributed by atoms with van der Waals surface area (Å²) in [7, 11) is 0. The molecule has 28 heavy (non-hydrogen) atoms. The first kappa shape index (κ1) is 20.3. The number of rotatable bonds is 8. The number of hydrogen-bond acceptors (Lipinski definition) is 3. The van der Waals surface area contributed by atoms with Crippen molar-refractivity contribution in [2.45, 2.75) is 51.0 Å². The van der Waals surface area contributed by atoms with Gasteiger partial charge in [0.15, 0.2) is 0 Å². The average Bonchev–Trinajstić information content (AvgIpc) is 2.99. The van der Waals surface area contributed by atoms with E-state index >= 15 is 0 Å². The average molecular weight is 382 g/mol. The van der Waals surface area contributed by atoms with Crippen LogP contribution in [0.4, 0.5) is 0 Å². The van der Waals surface area contributed by atoms with E-state index in [2.05, 4.69) is 16.0 Å². The molecule has 5 heteroatoms. The van der Waals surface area contributed by atoms with Crippen LogP contribution in [0.15, 0.2) is 42.5 Å². The molecule has 0 heterocycles. The van der Waals surface area contributed by atoms with Crippen molar-refractivity contribution in [3.63, 3.8) is 0 Å². The fraction of sp³-hybridized carbons (Fsp3) is 0.478. The Hall–Kier alpha value is -2.40. The summed E-state index contributed by atoms with van der Waals surface area (Å²) >= 11 is 0. The summed E-state index contributed by atoms with van der Waals surface area (Å²) in [5.41, 5.74) is 0.976. The molecule has 0 saturated heterocycles. The van der Waals surface area contributed by atoms with Crippen LogP contribution in [0.25, 0.3) is 10.8 Å². The Balaban J connectivity index is 1.34. The molecule has 1 aliphatic carbocycles. The molecule has 150 valence electrons. The Bertz CT molecular complexity index is 777. The van der Waals surface area contributed by atoms with Crippen molar-refractivity contribution in [2.75, 3.05) is 19.6 Å². The van der Waals surface area contributed by atoms with Gasteiger partial charge in [-0.1, -0.05) is 68.1 Å². The van der Waals surface area contributed by atoms with Gasteiger partial charge in [0.05, 0.1) is 13.0 Å². The quantitative estimate of drug-likeness (QED) is 0.486. The summed E-state index contributed by atoms with van der Waals surface area (Å²) in [5, 5.41) is 11.3. The monoisotopic (exact) mass is 381 g/mol. The van der Waals surface area contributed by atoms with Crippen LogP contribution in [0.1, 0.15) is 44.1 Å². The van der Waals surface area contributed by atoms with Crippen molar-refractivity contribution in [2.24, 2.45) is 0 Å². The maximum atomic E-state index is 12.2. The molecule has 1 fully saturated rings. The summed E-state index contributed by atoms with van der Waals surface area (Å²) in [6, 6.07) is 14.5. The third-order valence-corrected chi connectivity index (χ3v) is 5.41. The fourth-order valence-electron chi connectivity index (χ4n) is 3.89. The fourth-order valence-corrected chi connectivity index (χ4v) is 3.89. The van der Waals surface area contributed by atoms with E-state index in [0.717, 1.165) is 22.9 Å². The first-order valence-electron chi connectivity index (χ1n) is 10.5. The molecular formula is C23H31N3O2. The summed E-state index contributed by atoms with van der Waals surface area (Å²) in [6.45, 7) is 1.39. The molecule has 0 bridgehead atoms. The van der Waals surface area contributed by atoms with Crippen LogP contribution in [0, 0.1) is 0 Å². The van der Waals surface area contributed by atoms with Crippen molar-refractivity contribution in [3.05, 3.63) is 48.0 Å². The second-order valence-corrected chi connectivity index (χ2v) is 7.58. The van der Waals surface area contributed by atoms with E-state index in [-0.39, 0.29) is 24.8 Å². The normalized spacial score (nSPS) is 15.1. The molecule has 5 nitrogen and oxygen atoms in total. The largest absolute Gasteiger partial charge is 0.353 e. The molecule has 0 atom stereocenters. The molecule has 2 amide bonds. The maximum absolute atomic E-state index is 12.2. The van der Waals surface area contributed by atoms with Crippen molar-refractivity contribution < 1.29 is 9.59 Å². The molecule has 1 saturated carbocycles. The second kappa shape index (κ2) is 10.8. The Morgan fingerprint density at radius 1 is 0.821 bits per heavy atom. The minimum absolute atomic E-state index is 0.0209. The lowest BCUT2D eigenvalue weighted by Crippen LogP contribution is -2.41. The molecule has 0 spiro atoms. The maximum Gasteiger partial charge on any atom is 0.239 e. The van der Waals surface area contributed by atoms with Gasteiger partial charge in [0.25, 0.3) is 0 Å². The highest BCUT2D eigenvalue weighted by Gasteiger charge is 2.11. The predicted octanol–water partition coefficient (Wildman–Crippen LogP) is 2.93. The van der Waals surface area contributed by atoms with Crippen LogP contribution in [-0.4, -0.2) is 37.5 Å².